The lowest BCUT2D eigenvalue weighted by atomic mass is 9.61. The maximum Gasteiger partial charge on any atom is 0.216 e. The van der Waals surface area contributed by atoms with Crippen LogP contribution >= 0.6 is 0 Å². The molecule has 2 heterocycles. The molecule has 2 fully saturated rings. The van der Waals surface area contributed by atoms with E-state index in [0.717, 1.165) is 43.4 Å². The molecular weight excluding hydrogens is 424 g/mol. The molecule has 1 aliphatic heterocycles. The number of hydrogen-bond acceptors (Lipinski definition) is 4. The van der Waals surface area contributed by atoms with Crippen LogP contribution in [0.4, 0.5) is 0 Å². The summed E-state index contributed by atoms with van der Waals surface area (Å²) in [5.41, 5.74) is 3.67. The molecule has 0 bridgehead atoms. The van der Waals surface area contributed by atoms with Gasteiger partial charge in [-0.1, -0.05) is 19.1 Å². The molecule has 5 nitrogen and oxygen atoms in total. The van der Waals surface area contributed by atoms with Crippen LogP contribution in [0.3, 0.4) is 0 Å². The normalized spacial score (nSPS) is 32.4. The largest absolute Gasteiger partial charge is 0.489 e. The van der Waals surface area contributed by atoms with Crippen LogP contribution in [0.2, 0.25) is 0 Å². The van der Waals surface area contributed by atoms with E-state index in [2.05, 4.69) is 47.6 Å². The first-order chi connectivity index (χ1) is 16.4. The summed E-state index contributed by atoms with van der Waals surface area (Å²) in [4.78, 5) is 28.6. The van der Waals surface area contributed by atoms with Crippen molar-refractivity contribution in [3.8, 4) is 0 Å². The smallest absolute Gasteiger partial charge is 0.216 e. The lowest BCUT2D eigenvalue weighted by Crippen LogP contribution is -2.44. The van der Waals surface area contributed by atoms with Gasteiger partial charge in [-0.3, -0.25) is 14.6 Å². The zero-order chi connectivity index (χ0) is 23.4. The number of fused-ring (bicyclic) bond motifs is 4. The number of carbonyl (C=O) groups is 2. The van der Waals surface area contributed by atoms with Crippen LogP contribution in [-0.2, 0) is 14.3 Å². The summed E-state index contributed by atoms with van der Waals surface area (Å²) in [7, 11) is 0. The third kappa shape index (κ3) is 3.48. The first-order valence-corrected chi connectivity index (χ1v) is 12.6. The highest BCUT2D eigenvalue weighted by Crippen LogP contribution is 2.62. The van der Waals surface area contributed by atoms with Gasteiger partial charge in [0.25, 0.3) is 0 Å². The van der Waals surface area contributed by atoms with Gasteiger partial charge in [0.2, 0.25) is 5.91 Å². The molecule has 0 saturated heterocycles. The van der Waals surface area contributed by atoms with Crippen LogP contribution in [0.25, 0.3) is 10.8 Å². The van der Waals surface area contributed by atoms with Crippen LogP contribution in [0, 0.1) is 17.3 Å². The maximum absolute atomic E-state index is 12.9. The molecule has 1 aromatic heterocycles. The van der Waals surface area contributed by atoms with Gasteiger partial charge in [-0.15, -0.1) is 0 Å². The molecule has 176 valence electrons. The van der Waals surface area contributed by atoms with Gasteiger partial charge in [0.1, 0.15) is 11.9 Å². The Morgan fingerprint density at radius 1 is 1.21 bits per heavy atom. The molecule has 3 aliphatic carbocycles. The van der Waals surface area contributed by atoms with Crippen molar-refractivity contribution < 1.29 is 14.3 Å². The number of ether oxygens (including phenoxy) is 1. The topological polar surface area (TPSA) is 68.3 Å². The third-order valence-electron chi connectivity index (χ3n) is 8.95. The van der Waals surface area contributed by atoms with E-state index in [0.29, 0.717) is 24.8 Å². The van der Waals surface area contributed by atoms with Gasteiger partial charge in [0.05, 0.1) is 5.57 Å². The quantitative estimate of drug-likeness (QED) is 0.687. The average molecular weight is 457 g/mol. The molecule has 6 rings (SSSR count). The fraction of sp³-hybridized carbons (Fsp3) is 0.483. The zero-order valence-electron chi connectivity index (χ0n) is 20.0. The van der Waals surface area contributed by atoms with Crippen LogP contribution in [0.15, 0.2) is 59.6 Å². The summed E-state index contributed by atoms with van der Waals surface area (Å²) in [6.07, 6.45) is 11.7. The highest BCUT2D eigenvalue weighted by Gasteiger charge is 2.55. The molecule has 34 heavy (non-hydrogen) atoms. The number of amides is 1. The van der Waals surface area contributed by atoms with Crippen molar-refractivity contribution >= 4 is 22.5 Å². The van der Waals surface area contributed by atoms with Gasteiger partial charge >= 0.3 is 0 Å². The SMILES string of the molecule is CC(=O)NCC1CC(=O)C2=C(C1)O[C@@H]1C(=C2)CC[C@]2(C)[C@@H](c3ccc4ccncc4c3)CC[C@@H]12. The lowest BCUT2D eigenvalue weighted by molar-refractivity contribution is -0.121. The standard InChI is InChI=1S/C29H32N2O3/c1-17(32)31-15-18-11-26(33)23-14-21-7-9-29(2)24(5-6-25(29)28(21)34-27(23)12-18)20-4-3-19-8-10-30-16-22(19)13-20/h3-4,8,10,13-14,16,18,24-25,28H,5-7,9,11-12,15H2,1-2H3,(H,31,32)/t18?,24-,25+,28-,29-/m1/s1. The number of rotatable bonds is 3. The fourth-order valence-electron chi connectivity index (χ4n) is 7.13. The Kier molecular flexibility index (Phi) is 5.12. The van der Waals surface area contributed by atoms with Gasteiger partial charge < -0.3 is 10.1 Å². The van der Waals surface area contributed by atoms with E-state index in [1.807, 2.05) is 12.4 Å². The second kappa shape index (κ2) is 8.07. The number of carbonyl (C=O) groups excluding carboxylic acids is 2. The van der Waals surface area contributed by atoms with Gasteiger partial charge in [-0.05, 0) is 77.7 Å². The Balaban J connectivity index is 1.26. The van der Waals surface area contributed by atoms with Crippen molar-refractivity contribution in [1.82, 2.24) is 10.3 Å². The second-order valence-electron chi connectivity index (χ2n) is 11.0. The van der Waals surface area contributed by atoms with E-state index < -0.39 is 0 Å². The predicted molar refractivity (Wildman–Crippen MR) is 131 cm³/mol. The first kappa shape index (κ1) is 21.6. The van der Waals surface area contributed by atoms with E-state index in [4.69, 9.17) is 4.74 Å². The van der Waals surface area contributed by atoms with E-state index in [9.17, 15) is 9.59 Å². The third-order valence-corrected chi connectivity index (χ3v) is 8.95. The number of nitrogens with one attached hydrogen (secondary N) is 1. The summed E-state index contributed by atoms with van der Waals surface area (Å²) < 4.78 is 6.70. The Bertz CT molecular complexity index is 1240. The number of pyridine rings is 1. The Labute approximate surface area is 200 Å². The number of benzene rings is 1. The lowest BCUT2D eigenvalue weighted by Gasteiger charge is -2.48. The number of aromatic nitrogens is 1. The zero-order valence-corrected chi connectivity index (χ0v) is 20.0. The van der Waals surface area contributed by atoms with Crippen molar-refractivity contribution in [2.75, 3.05) is 6.54 Å². The highest BCUT2D eigenvalue weighted by atomic mass is 16.5. The Morgan fingerprint density at radius 2 is 2.09 bits per heavy atom. The van der Waals surface area contributed by atoms with Crippen LogP contribution in [-0.4, -0.2) is 29.3 Å². The van der Waals surface area contributed by atoms with E-state index in [1.165, 1.54) is 28.8 Å². The molecule has 1 unspecified atom stereocenters. The molecule has 4 aliphatic rings. The number of nitrogens with zero attached hydrogens (tertiary/aromatic N) is 1. The maximum atomic E-state index is 12.9. The summed E-state index contributed by atoms with van der Waals surface area (Å²) in [5, 5.41) is 5.32. The number of hydrogen-bond donors (Lipinski definition) is 1. The Morgan fingerprint density at radius 3 is 2.94 bits per heavy atom. The number of allylic oxidation sites excluding steroid dienone is 3. The molecule has 5 atom stereocenters. The summed E-state index contributed by atoms with van der Waals surface area (Å²) in [5.74, 6) is 2.02. The van der Waals surface area contributed by atoms with E-state index >= 15 is 0 Å². The minimum atomic E-state index is -0.0523. The summed E-state index contributed by atoms with van der Waals surface area (Å²) in [6.45, 7) is 4.51. The monoisotopic (exact) mass is 456 g/mol. The molecule has 1 amide bonds. The van der Waals surface area contributed by atoms with Gasteiger partial charge in [-0.2, -0.15) is 0 Å². The molecule has 5 heteroatoms. The van der Waals surface area contributed by atoms with E-state index in [-0.39, 0.29) is 29.1 Å². The molecule has 0 spiro atoms. The average Bonchev–Trinajstić information content (AvgIpc) is 3.19. The second-order valence-corrected chi connectivity index (χ2v) is 11.0. The van der Waals surface area contributed by atoms with Crippen molar-refractivity contribution in [3.63, 3.8) is 0 Å². The van der Waals surface area contributed by atoms with Gasteiger partial charge in [0.15, 0.2) is 5.78 Å². The molecular formula is C29H32N2O3. The van der Waals surface area contributed by atoms with Gasteiger partial charge in [0, 0.05) is 50.0 Å². The van der Waals surface area contributed by atoms with Crippen LogP contribution in [0.1, 0.15) is 63.9 Å². The van der Waals surface area contributed by atoms with Crippen molar-refractivity contribution in [1.29, 1.82) is 0 Å². The van der Waals surface area contributed by atoms with Gasteiger partial charge in [-0.25, -0.2) is 0 Å². The summed E-state index contributed by atoms with van der Waals surface area (Å²) in [6, 6.07) is 8.94. The molecule has 1 aromatic carbocycles. The van der Waals surface area contributed by atoms with Crippen molar-refractivity contribution in [2.45, 2.75) is 64.4 Å². The highest BCUT2D eigenvalue weighted by molar-refractivity contribution is 6.00. The first-order valence-electron chi connectivity index (χ1n) is 12.6. The van der Waals surface area contributed by atoms with E-state index in [1.54, 1.807) is 0 Å². The molecule has 2 saturated carbocycles. The molecule has 0 radical (unpaired) electrons. The van der Waals surface area contributed by atoms with Crippen LogP contribution in [0.5, 0.6) is 0 Å². The van der Waals surface area contributed by atoms with Crippen LogP contribution < -0.4 is 5.32 Å². The minimum absolute atomic E-state index is 0.0523. The fourth-order valence-corrected chi connectivity index (χ4v) is 7.13. The molecule has 2 aromatic rings. The predicted octanol–water partition coefficient (Wildman–Crippen LogP) is 5.22. The Hall–Kier alpha value is -2.95. The summed E-state index contributed by atoms with van der Waals surface area (Å²) >= 11 is 0. The van der Waals surface area contributed by atoms with Crippen molar-refractivity contribution in [2.24, 2.45) is 17.3 Å². The number of ketones is 1. The number of Topliss-reactive ketones (excluding diaryl/α,β-unsaturated/α-hetero) is 1. The molecule has 1 N–H and O–H groups in total. The minimum Gasteiger partial charge on any atom is -0.489 e. The van der Waals surface area contributed by atoms with Crippen molar-refractivity contribution in [3.05, 3.63) is 65.2 Å².